The summed E-state index contributed by atoms with van der Waals surface area (Å²) in [6.07, 6.45) is 1.53. The van der Waals surface area contributed by atoms with Crippen molar-refractivity contribution in [1.82, 2.24) is 9.97 Å². The fraction of sp³-hybridized carbons (Fsp3) is 0.190. The topological polar surface area (TPSA) is 85.4 Å². The van der Waals surface area contributed by atoms with Gasteiger partial charge in [0.05, 0.1) is 19.9 Å². The van der Waals surface area contributed by atoms with Crippen LogP contribution in [0.25, 0.3) is 0 Å². The van der Waals surface area contributed by atoms with Gasteiger partial charge in [-0.2, -0.15) is 0 Å². The van der Waals surface area contributed by atoms with Crippen LogP contribution >= 0.6 is 0 Å². The average Bonchev–Trinajstić information content (AvgIpc) is 2.70. The van der Waals surface area contributed by atoms with Crippen LogP contribution in [0.5, 0.6) is 11.5 Å². The van der Waals surface area contributed by atoms with Crippen molar-refractivity contribution in [2.24, 2.45) is 0 Å². The molecule has 1 heterocycles. The van der Waals surface area contributed by atoms with Crippen molar-refractivity contribution in [2.45, 2.75) is 13.8 Å². The first-order chi connectivity index (χ1) is 13.5. The van der Waals surface area contributed by atoms with Crippen LogP contribution < -0.4 is 20.1 Å². The average molecular weight is 378 g/mol. The first kappa shape index (κ1) is 19.2. The highest BCUT2D eigenvalue weighted by atomic mass is 16.5. The molecule has 0 saturated heterocycles. The predicted octanol–water partition coefficient (Wildman–Crippen LogP) is 4.11. The van der Waals surface area contributed by atoms with Gasteiger partial charge in [-0.05, 0) is 43.7 Å². The van der Waals surface area contributed by atoms with Gasteiger partial charge in [-0.3, -0.25) is 4.79 Å². The summed E-state index contributed by atoms with van der Waals surface area (Å²) in [4.78, 5) is 21.1. The molecule has 0 aliphatic rings. The highest BCUT2D eigenvalue weighted by Gasteiger charge is 2.12. The van der Waals surface area contributed by atoms with Crippen molar-refractivity contribution in [1.29, 1.82) is 0 Å². The molecule has 3 rings (SSSR count). The fourth-order valence-electron chi connectivity index (χ4n) is 2.72. The van der Waals surface area contributed by atoms with Crippen LogP contribution in [0.15, 0.2) is 48.7 Å². The lowest BCUT2D eigenvalue weighted by atomic mass is 10.1. The van der Waals surface area contributed by atoms with Gasteiger partial charge < -0.3 is 20.1 Å². The molecule has 7 nitrogen and oxygen atoms in total. The number of nitrogens with one attached hydrogen (secondary N) is 2. The molecular formula is C21H22N4O3. The smallest absolute Gasteiger partial charge is 0.274 e. The lowest BCUT2D eigenvalue weighted by molar-refractivity contribution is 0.102. The molecule has 0 unspecified atom stereocenters. The summed E-state index contributed by atoms with van der Waals surface area (Å²) in [5.41, 5.74) is 3.75. The summed E-state index contributed by atoms with van der Waals surface area (Å²) in [5.74, 6) is 1.23. The molecule has 0 atom stereocenters. The van der Waals surface area contributed by atoms with Crippen molar-refractivity contribution in [3.8, 4) is 11.5 Å². The predicted molar refractivity (Wildman–Crippen MR) is 109 cm³/mol. The van der Waals surface area contributed by atoms with Gasteiger partial charge in [0, 0.05) is 18.0 Å². The number of ether oxygens (including phenoxy) is 2. The number of hydrogen-bond donors (Lipinski definition) is 2. The SMILES string of the molecule is COc1ccc(OC)c(Nc2nccc(C(=O)Nc3ccc(C)cc3C)n2)c1. The largest absolute Gasteiger partial charge is 0.497 e. The summed E-state index contributed by atoms with van der Waals surface area (Å²) >= 11 is 0. The molecular weight excluding hydrogens is 356 g/mol. The molecule has 3 aromatic rings. The summed E-state index contributed by atoms with van der Waals surface area (Å²) in [7, 11) is 3.15. The van der Waals surface area contributed by atoms with Crippen LogP contribution in [0, 0.1) is 13.8 Å². The quantitative estimate of drug-likeness (QED) is 0.671. The zero-order valence-electron chi connectivity index (χ0n) is 16.2. The third kappa shape index (κ3) is 4.37. The maximum atomic E-state index is 12.6. The third-order valence-corrected chi connectivity index (χ3v) is 4.17. The van der Waals surface area contributed by atoms with Crippen molar-refractivity contribution in [3.05, 3.63) is 65.5 Å². The van der Waals surface area contributed by atoms with Crippen molar-refractivity contribution in [3.63, 3.8) is 0 Å². The number of carbonyl (C=O) groups is 1. The van der Waals surface area contributed by atoms with Gasteiger partial charge in [0.1, 0.15) is 17.2 Å². The van der Waals surface area contributed by atoms with Crippen molar-refractivity contribution >= 4 is 23.2 Å². The van der Waals surface area contributed by atoms with E-state index in [0.29, 0.717) is 17.2 Å². The Hall–Kier alpha value is -3.61. The number of benzene rings is 2. The molecule has 7 heteroatoms. The molecule has 1 aromatic heterocycles. The Bertz CT molecular complexity index is 1000. The van der Waals surface area contributed by atoms with E-state index in [2.05, 4.69) is 20.6 Å². The van der Waals surface area contributed by atoms with Crippen molar-refractivity contribution < 1.29 is 14.3 Å². The molecule has 0 fully saturated rings. The van der Waals surface area contributed by atoms with Crippen LogP contribution in [-0.2, 0) is 0 Å². The second-order valence-corrected chi connectivity index (χ2v) is 6.23. The first-order valence-electron chi connectivity index (χ1n) is 8.71. The summed E-state index contributed by atoms with van der Waals surface area (Å²) < 4.78 is 10.6. The normalized spacial score (nSPS) is 10.3. The lowest BCUT2D eigenvalue weighted by Gasteiger charge is -2.12. The Morgan fingerprint density at radius 3 is 2.50 bits per heavy atom. The first-order valence-corrected chi connectivity index (χ1v) is 8.71. The number of aryl methyl sites for hydroxylation is 2. The maximum absolute atomic E-state index is 12.6. The van der Waals surface area contributed by atoms with Crippen LogP contribution in [-0.4, -0.2) is 30.1 Å². The van der Waals surface area contributed by atoms with E-state index in [9.17, 15) is 4.79 Å². The minimum Gasteiger partial charge on any atom is -0.497 e. The van der Waals surface area contributed by atoms with E-state index in [0.717, 1.165) is 16.8 Å². The highest BCUT2D eigenvalue weighted by molar-refractivity contribution is 6.03. The maximum Gasteiger partial charge on any atom is 0.274 e. The minimum absolute atomic E-state index is 0.249. The van der Waals surface area contributed by atoms with Crippen LogP contribution in [0.4, 0.5) is 17.3 Å². The molecule has 28 heavy (non-hydrogen) atoms. The highest BCUT2D eigenvalue weighted by Crippen LogP contribution is 2.30. The number of nitrogens with zero attached hydrogens (tertiary/aromatic N) is 2. The molecule has 0 bridgehead atoms. The zero-order chi connectivity index (χ0) is 20.1. The van der Waals surface area contributed by atoms with E-state index in [1.54, 1.807) is 38.5 Å². The molecule has 0 aliphatic heterocycles. The summed E-state index contributed by atoms with van der Waals surface area (Å²) in [6.45, 7) is 3.96. The van der Waals surface area contributed by atoms with E-state index in [1.165, 1.54) is 6.20 Å². The number of hydrogen-bond acceptors (Lipinski definition) is 6. The Balaban J connectivity index is 1.81. The number of methoxy groups -OCH3 is 2. The van der Waals surface area contributed by atoms with Gasteiger partial charge in [-0.1, -0.05) is 17.7 Å². The Kier molecular flexibility index (Phi) is 5.74. The number of rotatable bonds is 6. The Morgan fingerprint density at radius 1 is 0.964 bits per heavy atom. The Labute approximate surface area is 163 Å². The molecule has 2 aromatic carbocycles. The van der Waals surface area contributed by atoms with E-state index in [-0.39, 0.29) is 17.5 Å². The van der Waals surface area contributed by atoms with Gasteiger partial charge in [0.15, 0.2) is 0 Å². The van der Waals surface area contributed by atoms with E-state index < -0.39 is 0 Å². The molecule has 144 valence electrons. The second kappa shape index (κ2) is 8.39. The van der Waals surface area contributed by atoms with Gasteiger partial charge in [-0.15, -0.1) is 0 Å². The number of anilines is 3. The third-order valence-electron chi connectivity index (χ3n) is 4.17. The van der Waals surface area contributed by atoms with E-state index >= 15 is 0 Å². The standard InChI is InChI=1S/C21H22N4O3/c1-13-5-7-16(14(2)11-13)23-20(26)17-9-10-22-21(24-17)25-18-12-15(27-3)6-8-19(18)28-4/h5-12H,1-4H3,(H,23,26)(H,22,24,25). The van der Waals surface area contributed by atoms with Gasteiger partial charge in [0.25, 0.3) is 5.91 Å². The number of aromatic nitrogens is 2. The lowest BCUT2D eigenvalue weighted by Crippen LogP contribution is -2.15. The molecule has 0 aliphatic carbocycles. The van der Waals surface area contributed by atoms with Crippen molar-refractivity contribution in [2.75, 3.05) is 24.9 Å². The van der Waals surface area contributed by atoms with Crippen LogP contribution in [0.2, 0.25) is 0 Å². The summed E-state index contributed by atoms with van der Waals surface area (Å²) in [5, 5.41) is 5.95. The van der Waals surface area contributed by atoms with Gasteiger partial charge in [0.2, 0.25) is 5.95 Å². The fourth-order valence-corrected chi connectivity index (χ4v) is 2.72. The molecule has 1 amide bonds. The molecule has 0 radical (unpaired) electrons. The van der Waals surface area contributed by atoms with Gasteiger partial charge in [-0.25, -0.2) is 9.97 Å². The van der Waals surface area contributed by atoms with Crippen LogP contribution in [0.1, 0.15) is 21.6 Å². The number of carbonyl (C=O) groups excluding carboxylic acids is 1. The molecule has 2 N–H and O–H groups in total. The molecule has 0 saturated carbocycles. The zero-order valence-corrected chi connectivity index (χ0v) is 16.2. The molecule has 0 spiro atoms. The Morgan fingerprint density at radius 2 is 1.79 bits per heavy atom. The number of amides is 1. The van der Waals surface area contributed by atoms with Gasteiger partial charge >= 0.3 is 0 Å². The van der Waals surface area contributed by atoms with E-state index in [4.69, 9.17) is 9.47 Å². The van der Waals surface area contributed by atoms with E-state index in [1.807, 2.05) is 32.0 Å². The summed E-state index contributed by atoms with van der Waals surface area (Å²) in [6, 6.07) is 12.7. The monoisotopic (exact) mass is 378 g/mol. The second-order valence-electron chi connectivity index (χ2n) is 6.23. The van der Waals surface area contributed by atoms with Crippen LogP contribution in [0.3, 0.4) is 0 Å². The minimum atomic E-state index is -0.310.